The first-order valence-electron chi connectivity index (χ1n) is 5.39. The van der Waals surface area contributed by atoms with Crippen LogP contribution < -0.4 is 5.73 Å². The van der Waals surface area contributed by atoms with E-state index < -0.39 is 11.9 Å². The summed E-state index contributed by atoms with van der Waals surface area (Å²) in [6, 6.07) is 3.35. The van der Waals surface area contributed by atoms with E-state index in [0.29, 0.717) is 5.56 Å². The predicted octanol–water partition coefficient (Wildman–Crippen LogP) is 1.83. The van der Waals surface area contributed by atoms with Gasteiger partial charge < -0.3 is 15.4 Å². The van der Waals surface area contributed by atoms with E-state index in [9.17, 15) is 9.18 Å². The number of carbonyl (C=O) groups excluding carboxylic acids is 1. The van der Waals surface area contributed by atoms with Crippen molar-refractivity contribution in [2.45, 2.75) is 12.6 Å². The summed E-state index contributed by atoms with van der Waals surface area (Å²) in [5, 5.41) is 0.287. The van der Waals surface area contributed by atoms with E-state index in [2.05, 4.69) is 0 Å². The number of nitrogens with zero attached hydrogens (tertiary/aromatic N) is 1. The zero-order valence-corrected chi connectivity index (χ0v) is 12.3. The number of amides is 1. The van der Waals surface area contributed by atoms with E-state index in [-0.39, 0.29) is 36.5 Å². The summed E-state index contributed by atoms with van der Waals surface area (Å²) in [5.41, 5.74) is 6.30. The first-order chi connectivity index (χ1) is 8.45. The zero-order valence-electron chi connectivity index (χ0n) is 10.7. The monoisotopic (exact) mass is 310 g/mol. The highest BCUT2D eigenvalue weighted by Crippen LogP contribution is 2.18. The Bertz CT molecular complexity index is 432. The molecule has 0 aliphatic carbocycles. The molecule has 0 heterocycles. The molecule has 0 radical (unpaired) electrons. The molecule has 19 heavy (non-hydrogen) atoms. The molecule has 0 aliphatic heterocycles. The van der Waals surface area contributed by atoms with Crippen LogP contribution in [0.1, 0.15) is 5.56 Å². The average Bonchev–Trinajstić information content (AvgIpc) is 2.32. The number of benzene rings is 1. The molecule has 0 saturated heterocycles. The van der Waals surface area contributed by atoms with Gasteiger partial charge in [0.05, 0.1) is 6.61 Å². The van der Waals surface area contributed by atoms with Gasteiger partial charge in [0.1, 0.15) is 11.9 Å². The van der Waals surface area contributed by atoms with Crippen molar-refractivity contribution < 1.29 is 13.9 Å². The second-order valence-electron chi connectivity index (χ2n) is 3.99. The molecular weight excluding hydrogens is 294 g/mol. The molecule has 7 heteroatoms. The standard InChI is InChI=1S/C12H16ClFN2O2.ClH/c1-16(12(17)11(15)7-18-2)6-8-3-4-9(14)5-10(8)13;/h3-5,11H,6-7,15H2,1-2H3;1H. The van der Waals surface area contributed by atoms with E-state index in [1.165, 1.54) is 24.1 Å². The number of nitrogens with two attached hydrogens (primary N) is 1. The maximum atomic E-state index is 12.9. The smallest absolute Gasteiger partial charge is 0.241 e. The van der Waals surface area contributed by atoms with E-state index in [4.69, 9.17) is 22.1 Å². The third kappa shape index (κ3) is 5.32. The van der Waals surface area contributed by atoms with Crippen molar-refractivity contribution in [1.29, 1.82) is 0 Å². The molecule has 1 aromatic rings. The van der Waals surface area contributed by atoms with Crippen molar-refractivity contribution in [1.82, 2.24) is 4.90 Å². The van der Waals surface area contributed by atoms with Crippen LogP contribution >= 0.6 is 24.0 Å². The lowest BCUT2D eigenvalue weighted by Crippen LogP contribution is -2.44. The summed E-state index contributed by atoms with van der Waals surface area (Å²) in [5.74, 6) is -0.661. The molecule has 0 fully saturated rings. The molecule has 0 aromatic heterocycles. The normalized spacial score (nSPS) is 11.6. The van der Waals surface area contributed by atoms with Crippen molar-refractivity contribution in [3.63, 3.8) is 0 Å². The number of halogens is 3. The Kier molecular flexibility index (Phi) is 7.94. The molecule has 0 bridgehead atoms. The van der Waals surface area contributed by atoms with E-state index in [0.717, 1.165) is 0 Å². The minimum absolute atomic E-state index is 0. The van der Waals surface area contributed by atoms with Gasteiger partial charge in [0.25, 0.3) is 0 Å². The lowest BCUT2D eigenvalue weighted by Gasteiger charge is -2.21. The Morgan fingerprint density at radius 2 is 2.21 bits per heavy atom. The molecule has 108 valence electrons. The van der Waals surface area contributed by atoms with Crippen molar-refractivity contribution in [2.75, 3.05) is 20.8 Å². The summed E-state index contributed by atoms with van der Waals surface area (Å²) in [4.78, 5) is 13.3. The summed E-state index contributed by atoms with van der Waals surface area (Å²) in [7, 11) is 3.08. The summed E-state index contributed by atoms with van der Waals surface area (Å²) in [6.45, 7) is 0.426. The number of hydrogen-bond donors (Lipinski definition) is 1. The molecule has 1 amide bonds. The highest BCUT2D eigenvalue weighted by atomic mass is 35.5. The summed E-state index contributed by atoms with van der Waals surface area (Å²) >= 11 is 5.89. The average molecular weight is 311 g/mol. The van der Waals surface area contributed by atoms with Crippen molar-refractivity contribution in [3.8, 4) is 0 Å². The quantitative estimate of drug-likeness (QED) is 0.902. The lowest BCUT2D eigenvalue weighted by atomic mass is 10.2. The van der Waals surface area contributed by atoms with Crippen LogP contribution in [0, 0.1) is 5.82 Å². The topological polar surface area (TPSA) is 55.6 Å². The van der Waals surface area contributed by atoms with Crippen LogP contribution in [0.15, 0.2) is 18.2 Å². The molecule has 1 rings (SSSR count). The molecule has 1 aromatic carbocycles. The second kappa shape index (κ2) is 8.32. The minimum atomic E-state index is -0.709. The summed E-state index contributed by atoms with van der Waals surface area (Å²) < 4.78 is 17.7. The largest absolute Gasteiger partial charge is 0.383 e. The molecule has 2 N–H and O–H groups in total. The van der Waals surface area contributed by atoms with Gasteiger partial charge in [-0.2, -0.15) is 0 Å². The fraction of sp³-hybridized carbons (Fsp3) is 0.417. The Hall–Kier alpha value is -0.880. The van der Waals surface area contributed by atoms with Crippen molar-refractivity contribution >= 4 is 29.9 Å². The van der Waals surface area contributed by atoms with Gasteiger partial charge in [-0.3, -0.25) is 4.79 Å². The van der Waals surface area contributed by atoms with Crippen LogP contribution in [-0.4, -0.2) is 37.6 Å². The fourth-order valence-electron chi connectivity index (χ4n) is 1.52. The number of rotatable bonds is 5. The SMILES string of the molecule is COCC(N)C(=O)N(C)Cc1ccc(F)cc1Cl.Cl. The number of hydrogen-bond acceptors (Lipinski definition) is 3. The predicted molar refractivity (Wildman–Crippen MR) is 75.0 cm³/mol. The van der Waals surface area contributed by atoms with Crippen LogP contribution in [0.25, 0.3) is 0 Å². The van der Waals surface area contributed by atoms with Gasteiger partial charge >= 0.3 is 0 Å². The van der Waals surface area contributed by atoms with Gasteiger partial charge in [0.15, 0.2) is 0 Å². The van der Waals surface area contributed by atoms with Gasteiger partial charge in [0.2, 0.25) is 5.91 Å². The molecule has 4 nitrogen and oxygen atoms in total. The van der Waals surface area contributed by atoms with Crippen molar-refractivity contribution in [2.24, 2.45) is 5.73 Å². The van der Waals surface area contributed by atoms with Gasteiger partial charge in [-0.05, 0) is 17.7 Å². The molecule has 1 unspecified atom stereocenters. The fourth-order valence-corrected chi connectivity index (χ4v) is 1.74. The van der Waals surface area contributed by atoms with E-state index in [1.807, 2.05) is 0 Å². The van der Waals surface area contributed by atoms with Crippen LogP contribution in [0.3, 0.4) is 0 Å². The highest BCUT2D eigenvalue weighted by molar-refractivity contribution is 6.31. The van der Waals surface area contributed by atoms with Crippen molar-refractivity contribution in [3.05, 3.63) is 34.6 Å². The van der Waals surface area contributed by atoms with Crippen LogP contribution in [0.5, 0.6) is 0 Å². The van der Waals surface area contributed by atoms with E-state index >= 15 is 0 Å². The van der Waals surface area contributed by atoms with Crippen LogP contribution in [-0.2, 0) is 16.1 Å². The van der Waals surface area contributed by atoms with Crippen LogP contribution in [0.2, 0.25) is 5.02 Å². The Labute approximate surface area is 123 Å². The molecule has 0 saturated carbocycles. The van der Waals surface area contributed by atoms with Gasteiger partial charge in [-0.1, -0.05) is 17.7 Å². The Morgan fingerprint density at radius 1 is 1.58 bits per heavy atom. The Morgan fingerprint density at radius 3 is 2.74 bits per heavy atom. The Balaban J connectivity index is 0.00000324. The third-order valence-electron chi connectivity index (χ3n) is 2.46. The van der Waals surface area contributed by atoms with Gasteiger partial charge in [0, 0.05) is 25.7 Å². The maximum absolute atomic E-state index is 12.9. The van der Waals surface area contributed by atoms with Crippen LogP contribution in [0.4, 0.5) is 4.39 Å². The number of methoxy groups -OCH3 is 1. The summed E-state index contributed by atoms with van der Waals surface area (Å²) in [6.07, 6.45) is 0. The third-order valence-corrected chi connectivity index (χ3v) is 2.81. The highest BCUT2D eigenvalue weighted by Gasteiger charge is 2.18. The van der Waals surface area contributed by atoms with E-state index in [1.54, 1.807) is 13.1 Å². The van der Waals surface area contributed by atoms with Gasteiger partial charge in [-0.15, -0.1) is 12.4 Å². The molecule has 0 aliphatic rings. The molecule has 0 spiro atoms. The first kappa shape index (κ1) is 18.1. The van der Waals surface area contributed by atoms with Gasteiger partial charge in [-0.25, -0.2) is 4.39 Å². The number of likely N-dealkylation sites (N-methyl/N-ethyl adjacent to an activating group) is 1. The lowest BCUT2D eigenvalue weighted by molar-refractivity contribution is -0.132. The first-order valence-corrected chi connectivity index (χ1v) is 5.77. The minimum Gasteiger partial charge on any atom is -0.383 e. The zero-order chi connectivity index (χ0) is 13.7. The number of ether oxygens (including phenoxy) is 1. The maximum Gasteiger partial charge on any atom is 0.241 e. The number of carbonyl (C=O) groups is 1. The second-order valence-corrected chi connectivity index (χ2v) is 4.40. The molecule has 1 atom stereocenters. The molecular formula is C12H17Cl2FN2O2.